The summed E-state index contributed by atoms with van der Waals surface area (Å²) in [6.07, 6.45) is 0. The van der Waals surface area contributed by atoms with Crippen LogP contribution < -0.4 is 11.3 Å². The van der Waals surface area contributed by atoms with Gasteiger partial charge in [0.2, 0.25) is 0 Å². The van der Waals surface area contributed by atoms with Crippen LogP contribution in [0.25, 0.3) is 0 Å². The molecule has 0 aliphatic heterocycles. The van der Waals surface area contributed by atoms with E-state index in [0.29, 0.717) is 5.56 Å². The molecule has 0 bridgehead atoms. The molecule has 0 saturated heterocycles. The Labute approximate surface area is 116 Å². The maximum atomic E-state index is 13.8. The van der Waals surface area contributed by atoms with Gasteiger partial charge in [-0.2, -0.15) is 0 Å². The smallest absolute Gasteiger partial charge is 0.137 e. The molecule has 100 valence electrons. The highest BCUT2D eigenvalue weighted by atomic mass is 79.9. The van der Waals surface area contributed by atoms with Crippen LogP contribution in [-0.4, -0.2) is 0 Å². The van der Waals surface area contributed by atoms with Gasteiger partial charge in [0.15, 0.2) is 0 Å². The van der Waals surface area contributed by atoms with Crippen LogP contribution in [0.2, 0.25) is 0 Å². The minimum Gasteiger partial charge on any atom is -0.271 e. The van der Waals surface area contributed by atoms with Crippen LogP contribution in [-0.2, 0) is 0 Å². The van der Waals surface area contributed by atoms with Gasteiger partial charge in [-0.3, -0.25) is 5.84 Å². The molecule has 0 saturated carbocycles. The lowest BCUT2D eigenvalue weighted by Crippen LogP contribution is -2.30. The number of benzene rings is 2. The van der Waals surface area contributed by atoms with E-state index in [9.17, 15) is 13.2 Å². The minimum absolute atomic E-state index is 0.00815. The van der Waals surface area contributed by atoms with Gasteiger partial charge in [-0.25, -0.2) is 18.6 Å². The van der Waals surface area contributed by atoms with Crippen molar-refractivity contribution < 1.29 is 13.2 Å². The maximum Gasteiger partial charge on any atom is 0.137 e. The number of hydrogen-bond donors (Lipinski definition) is 2. The lowest BCUT2D eigenvalue weighted by molar-refractivity contribution is 0.540. The highest BCUT2D eigenvalue weighted by Gasteiger charge is 2.21. The summed E-state index contributed by atoms with van der Waals surface area (Å²) in [5, 5.41) is 0. The Morgan fingerprint density at radius 2 is 1.74 bits per heavy atom. The van der Waals surface area contributed by atoms with Gasteiger partial charge in [0.25, 0.3) is 0 Å². The van der Waals surface area contributed by atoms with Crippen molar-refractivity contribution in [2.75, 3.05) is 0 Å². The summed E-state index contributed by atoms with van der Waals surface area (Å²) in [5.41, 5.74) is 2.76. The molecule has 0 heterocycles. The van der Waals surface area contributed by atoms with E-state index in [1.165, 1.54) is 12.1 Å². The standard InChI is InChI=1S/C13H10BrF3N2/c14-12-8(2-1-3-11(12)17)13(19-18)9-6-7(15)4-5-10(9)16/h1-6,13,19H,18H2. The Kier molecular flexibility index (Phi) is 4.24. The first kappa shape index (κ1) is 14.0. The van der Waals surface area contributed by atoms with E-state index in [2.05, 4.69) is 21.4 Å². The fourth-order valence-corrected chi connectivity index (χ4v) is 2.32. The van der Waals surface area contributed by atoms with Crippen LogP contribution in [0.3, 0.4) is 0 Å². The Morgan fingerprint density at radius 3 is 2.42 bits per heavy atom. The lowest BCUT2D eigenvalue weighted by Gasteiger charge is -2.19. The van der Waals surface area contributed by atoms with Gasteiger partial charge in [0.05, 0.1) is 10.5 Å². The van der Waals surface area contributed by atoms with Gasteiger partial charge in [-0.1, -0.05) is 12.1 Å². The van der Waals surface area contributed by atoms with E-state index in [4.69, 9.17) is 5.84 Å². The van der Waals surface area contributed by atoms with Crippen LogP contribution in [0.1, 0.15) is 17.2 Å². The summed E-state index contributed by atoms with van der Waals surface area (Å²) >= 11 is 3.08. The molecule has 1 unspecified atom stereocenters. The summed E-state index contributed by atoms with van der Waals surface area (Å²) in [7, 11) is 0. The Morgan fingerprint density at radius 1 is 1.00 bits per heavy atom. The zero-order chi connectivity index (χ0) is 14.0. The van der Waals surface area contributed by atoms with Gasteiger partial charge in [-0.05, 0) is 45.8 Å². The number of rotatable bonds is 3. The minimum atomic E-state index is -0.860. The summed E-state index contributed by atoms with van der Waals surface area (Å²) in [6, 6.07) is 6.47. The Bertz CT molecular complexity index is 602. The van der Waals surface area contributed by atoms with Crippen molar-refractivity contribution in [2.45, 2.75) is 6.04 Å². The summed E-state index contributed by atoms with van der Waals surface area (Å²) in [5.74, 6) is 3.67. The Hall–Kier alpha value is -1.37. The van der Waals surface area contributed by atoms with Crippen molar-refractivity contribution in [1.29, 1.82) is 0 Å². The SMILES string of the molecule is NNC(c1cc(F)ccc1F)c1cccc(F)c1Br. The molecular formula is C13H10BrF3N2. The van der Waals surface area contributed by atoms with Crippen LogP contribution in [0.4, 0.5) is 13.2 Å². The van der Waals surface area contributed by atoms with Gasteiger partial charge >= 0.3 is 0 Å². The molecule has 2 rings (SSSR count). The van der Waals surface area contributed by atoms with E-state index in [1.807, 2.05) is 0 Å². The van der Waals surface area contributed by atoms with Crippen molar-refractivity contribution in [1.82, 2.24) is 5.43 Å². The zero-order valence-corrected chi connectivity index (χ0v) is 11.2. The number of nitrogens with one attached hydrogen (secondary N) is 1. The third-order valence-electron chi connectivity index (χ3n) is 2.73. The first-order valence-corrected chi connectivity index (χ1v) is 6.19. The molecule has 2 aromatic carbocycles. The zero-order valence-electron chi connectivity index (χ0n) is 9.63. The van der Waals surface area contributed by atoms with Gasteiger partial charge in [0.1, 0.15) is 17.5 Å². The molecule has 2 aromatic rings. The topological polar surface area (TPSA) is 38.0 Å². The monoisotopic (exact) mass is 330 g/mol. The molecule has 2 nitrogen and oxygen atoms in total. The molecule has 0 fully saturated rings. The quantitative estimate of drug-likeness (QED) is 0.668. The fraction of sp³-hybridized carbons (Fsp3) is 0.0769. The molecular weight excluding hydrogens is 321 g/mol. The lowest BCUT2D eigenvalue weighted by atomic mass is 9.98. The fourth-order valence-electron chi connectivity index (χ4n) is 1.83. The highest BCUT2D eigenvalue weighted by molar-refractivity contribution is 9.10. The highest BCUT2D eigenvalue weighted by Crippen LogP contribution is 2.31. The largest absolute Gasteiger partial charge is 0.271 e. The van der Waals surface area contributed by atoms with Crippen molar-refractivity contribution >= 4 is 15.9 Å². The summed E-state index contributed by atoms with van der Waals surface area (Å²) < 4.78 is 40.6. The average molecular weight is 331 g/mol. The van der Waals surface area contributed by atoms with E-state index < -0.39 is 23.5 Å². The number of halogens is 4. The Balaban J connectivity index is 2.56. The second-order valence-electron chi connectivity index (χ2n) is 3.91. The molecule has 3 N–H and O–H groups in total. The second-order valence-corrected chi connectivity index (χ2v) is 4.70. The summed E-state index contributed by atoms with van der Waals surface area (Å²) in [4.78, 5) is 0. The van der Waals surface area contributed by atoms with Crippen molar-refractivity contribution in [3.05, 3.63) is 69.4 Å². The normalized spacial score (nSPS) is 12.5. The molecule has 19 heavy (non-hydrogen) atoms. The molecule has 6 heteroatoms. The van der Waals surface area contributed by atoms with Crippen LogP contribution in [0.15, 0.2) is 40.9 Å². The first-order valence-electron chi connectivity index (χ1n) is 5.39. The average Bonchev–Trinajstić information content (AvgIpc) is 2.39. The molecule has 0 aromatic heterocycles. The van der Waals surface area contributed by atoms with Gasteiger partial charge in [0, 0.05) is 5.56 Å². The van der Waals surface area contributed by atoms with E-state index >= 15 is 0 Å². The third-order valence-corrected chi connectivity index (χ3v) is 3.56. The number of hydrogen-bond acceptors (Lipinski definition) is 2. The predicted molar refractivity (Wildman–Crippen MR) is 69.6 cm³/mol. The van der Waals surface area contributed by atoms with Gasteiger partial charge in [-0.15, -0.1) is 0 Å². The first-order chi connectivity index (χ1) is 9.04. The second kappa shape index (κ2) is 5.73. The van der Waals surface area contributed by atoms with Crippen LogP contribution in [0, 0.1) is 17.5 Å². The van der Waals surface area contributed by atoms with Crippen LogP contribution >= 0.6 is 15.9 Å². The molecule has 0 radical (unpaired) electrons. The maximum absolute atomic E-state index is 13.8. The van der Waals surface area contributed by atoms with Crippen molar-refractivity contribution in [3.63, 3.8) is 0 Å². The number of nitrogens with two attached hydrogens (primary N) is 1. The van der Waals surface area contributed by atoms with Crippen molar-refractivity contribution in [3.8, 4) is 0 Å². The van der Waals surface area contributed by atoms with E-state index in [1.54, 1.807) is 6.07 Å². The van der Waals surface area contributed by atoms with E-state index in [0.717, 1.165) is 18.2 Å². The molecule has 0 aliphatic carbocycles. The van der Waals surface area contributed by atoms with Gasteiger partial charge < -0.3 is 0 Å². The number of hydrazine groups is 1. The van der Waals surface area contributed by atoms with Crippen molar-refractivity contribution in [2.24, 2.45) is 5.84 Å². The molecule has 0 spiro atoms. The third kappa shape index (κ3) is 2.80. The van der Waals surface area contributed by atoms with Crippen LogP contribution in [0.5, 0.6) is 0 Å². The molecule has 0 aliphatic rings. The van der Waals surface area contributed by atoms with E-state index in [-0.39, 0.29) is 10.0 Å². The molecule has 1 atom stereocenters. The molecule has 0 amide bonds. The summed E-state index contributed by atoms with van der Waals surface area (Å²) in [6.45, 7) is 0. The predicted octanol–water partition coefficient (Wildman–Crippen LogP) is 3.42.